The molecule has 1 aromatic carbocycles. The van der Waals surface area contributed by atoms with Crippen molar-refractivity contribution in [1.82, 2.24) is 14.5 Å². The molecule has 7 heteroatoms. The lowest BCUT2D eigenvalue weighted by Gasteiger charge is -2.28. The number of fused-ring (bicyclic) bond motifs is 1. The molecule has 1 saturated carbocycles. The van der Waals surface area contributed by atoms with Gasteiger partial charge in [0.05, 0.1) is 17.6 Å². The van der Waals surface area contributed by atoms with Crippen LogP contribution in [0.1, 0.15) is 63.8 Å². The fraction of sp³-hybridized carbons (Fsp3) is 0.520. The minimum Gasteiger partial charge on any atom is -0.380 e. The highest BCUT2D eigenvalue weighted by Crippen LogP contribution is 2.41. The Hall–Kier alpha value is -2.54. The Labute approximate surface area is 188 Å². The number of imidazole rings is 1. The van der Waals surface area contributed by atoms with E-state index in [1.54, 1.807) is 13.2 Å². The Kier molecular flexibility index (Phi) is 7.82. The fourth-order valence-electron chi connectivity index (χ4n) is 4.22. The van der Waals surface area contributed by atoms with Gasteiger partial charge in [-0.2, -0.15) is 0 Å². The van der Waals surface area contributed by atoms with Gasteiger partial charge < -0.3 is 14.2 Å². The second-order valence-electron chi connectivity index (χ2n) is 8.73. The van der Waals surface area contributed by atoms with Crippen LogP contribution in [-0.4, -0.2) is 47.0 Å². The zero-order valence-electron chi connectivity index (χ0n) is 19.4. The molecular weight excluding hydrogens is 412 g/mol. The number of aromatic nitrogens is 2. The van der Waals surface area contributed by atoms with Gasteiger partial charge in [-0.05, 0) is 56.9 Å². The van der Waals surface area contributed by atoms with Crippen LogP contribution in [0.3, 0.4) is 0 Å². The molecule has 3 rings (SSSR count). The van der Waals surface area contributed by atoms with Crippen molar-refractivity contribution in [2.45, 2.75) is 64.8 Å². The lowest BCUT2D eigenvalue weighted by molar-refractivity contribution is -0.114. The molecule has 0 unspecified atom stereocenters. The Morgan fingerprint density at radius 2 is 2.03 bits per heavy atom. The predicted molar refractivity (Wildman–Crippen MR) is 124 cm³/mol. The largest absolute Gasteiger partial charge is 0.380 e. The summed E-state index contributed by atoms with van der Waals surface area (Å²) in [6, 6.07) is 6.03. The van der Waals surface area contributed by atoms with Gasteiger partial charge in [-0.15, -0.1) is 0 Å². The Balaban J connectivity index is 2.06. The van der Waals surface area contributed by atoms with Crippen molar-refractivity contribution >= 4 is 23.0 Å². The molecule has 0 N–H and O–H groups in total. The van der Waals surface area contributed by atoms with Gasteiger partial charge in [0.1, 0.15) is 5.82 Å². The van der Waals surface area contributed by atoms with Crippen LogP contribution < -0.4 is 0 Å². The summed E-state index contributed by atoms with van der Waals surface area (Å²) in [5, 5.41) is 0. The molecule has 0 spiro atoms. The third-order valence-electron chi connectivity index (χ3n) is 5.81. The number of hydrogen-bond acceptors (Lipinski definition) is 3. The molecule has 0 aliphatic heterocycles. The van der Waals surface area contributed by atoms with Gasteiger partial charge in [0.2, 0.25) is 12.3 Å². The van der Waals surface area contributed by atoms with Crippen molar-refractivity contribution in [3.8, 4) is 0 Å². The van der Waals surface area contributed by atoms with Gasteiger partial charge in [0.15, 0.2) is 0 Å². The van der Waals surface area contributed by atoms with E-state index in [2.05, 4.69) is 10.6 Å². The van der Waals surface area contributed by atoms with Crippen molar-refractivity contribution in [3.63, 3.8) is 0 Å². The van der Waals surface area contributed by atoms with E-state index in [1.807, 2.05) is 39.0 Å². The summed E-state index contributed by atoms with van der Waals surface area (Å²) < 4.78 is 35.2. The summed E-state index contributed by atoms with van der Waals surface area (Å²) in [5.41, 5.74) is 4.79. The highest BCUT2D eigenvalue weighted by atomic mass is 19.3. The van der Waals surface area contributed by atoms with Crippen LogP contribution in [0.4, 0.5) is 8.78 Å². The first-order valence-corrected chi connectivity index (χ1v) is 11.2. The van der Waals surface area contributed by atoms with E-state index in [9.17, 15) is 13.6 Å². The van der Waals surface area contributed by atoms with Crippen molar-refractivity contribution in [1.29, 1.82) is 0 Å². The molecule has 5 nitrogen and oxygen atoms in total. The van der Waals surface area contributed by atoms with Crippen LogP contribution in [0.5, 0.6) is 0 Å². The molecule has 174 valence electrons. The van der Waals surface area contributed by atoms with Gasteiger partial charge in [-0.25, -0.2) is 13.8 Å². The first-order valence-electron chi connectivity index (χ1n) is 11.2. The highest BCUT2D eigenvalue weighted by Gasteiger charge is 2.37. The lowest BCUT2D eigenvalue weighted by Crippen LogP contribution is -2.25. The van der Waals surface area contributed by atoms with Crippen LogP contribution >= 0.6 is 0 Å². The van der Waals surface area contributed by atoms with E-state index in [0.29, 0.717) is 32.6 Å². The number of hydrogen-bond donors (Lipinski definition) is 0. The number of benzene rings is 1. The Morgan fingerprint density at radius 3 is 2.66 bits per heavy atom. The average Bonchev–Trinajstić information content (AvgIpc) is 3.10. The summed E-state index contributed by atoms with van der Waals surface area (Å²) in [6.07, 6.45) is 5.28. The normalized spacial score (nSPS) is 16.9. The standard InChI is InChI=1S/C25H33F2N3O2/c1-5-32-13-12-30-23-15-20(21(14-18(2)3)16-29(4)17-31)6-7-22(23)28-24(30)19-8-10-25(26,27)11-9-19/h6-7,14-17,19H,5,8-13H2,1-4H3/b21-16+. The monoisotopic (exact) mass is 445 g/mol. The first kappa shape index (κ1) is 24.1. The van der Waals surface area contributed by atoms with E-state index < -0.39 is 5.92 Å². The summed E-state index contributed by atoms with van der Waals surface area (Å²) in [4.78, 5) is 17.5. The second kappa shape index (κ2) is 10.4. The maximum Gasteiger partial charge on any atom is 0.248 e. The predicted octanol–water partition coefficient (Wildman–Crippen LogP) is 5.76. The number of amides is 1. The van der Waals surface area contributed by atoms with Crippen molar-refractivity contribution in [2.24, 2.45) is 0 Å². The SMILES string of the molecule is CCOCCn1c(C2CCC(F)(F)CC2)nc2ccc(/C(C=C(C)C)=C/N(C)C=O)cc21. The van der Waals surface area contributed by atoms with Crippen molar-refractivity contribution < 1.29 is 18.3 Å². The molecule has 0 radical (unpaired) electrons. The second-order valence-corrected chi connectivity index (χ2v) is 8.73. The topological polar surface area (TPSA) is 47.4 Å². The zero-order chi connectivity index (χ0) is 23.3. The molecule has 1 aliphatic carbocycles. The minimum absolute atomic E-state index is 0.0149. The summed E-state index contributed by atoms with van der Waals surface area (Å²) in [6.45, 7) is 7.74. The average molecular weight is 446 g/mol. The molecule has 0 bridgehead atoms. The number of nitrogens with zero attached hydrogens (tertiary/aromatic N) is 3. The number of allylic oxidation sites excluding steroid dienone is 3. The maximum atomic E-state index is 13.7. The van der Waals surface area contributed by atoms with Gasteiger partial charge >= 0.3 is 0 Å². The van der Waals surface area contributed by atoms with Crippen molar-refractivity contribution in [3.05, 3.63) is 47.4 Å². The number of alkyl halides is 2. The maximum absolute atomic E-state index is 13.7. The van der Waals surface area contributed by atoms with Crippen LogP contribution in [0.2, 0.25) is 0 Å². The summed E-state index contributed by atoms with van der Waals surface area (Å²) in [7, 11) is 1.70. The number of carbonyl (C=O) groups excluding carboxylic acids is 1. The number of carbonyl (C=O) groups is 1. The van der Waals surface area contributed by atoms with Gasteiger partial charge in [0.25, 0.3) is 0 Å². The zero-order valence-corrected chi connectivity index (χ0v) is 19.4. The number of rotatable bonds is 9. The Morgan fingerprint density at radius 1 is 1.31 bits per heavy atom. The highest BCUT2D eigenvalue weighted by molar-refractivity contribution is 5.84. The molecule has 1 aliphatic rings. The molecular formula is C25H33F2N3O2. The quantitative estimate of drug-likeness (QED) is 0.280. The summed E-state index contributed by atoms with van der Waals surface area (Å²) in [5.74, 6) is -1.69. The van der Waals surface area contributed by atoms with E-state index in [0.717, 1.165) is 40.0 Å². The number of ether oxygens (including phenoxy) is 1. The molecule has 1 aromatic heterocycles. The van der Waals surface area contributed by atoms with Gasteiger partial charge in [-0.3, -0.25) is 4.79 Å². The smallest absolute Gasteiger partial charge is 0.248 e. The van der Waals surface area contributed by atoms with Crippen LogP contribution in [0.15, 0.2) is 36.0 Å². The lowest BCUT2D eigenvalue weighted by atomic mass is 9.86. The van der Waals surface area contributed by atoms with Crippen molar-refractivity contribution in [2.75, 3.05) is 20.3 Å². The molecule has 32 heavy (non-hydrogen) atoms. The molecule has 1 fully saturated rings. The molecule has 0 saturated heterocycles. The van der Waals surface area contributed by atoms with Crippen LogP contribution in [0, 0.1) is 0 Å². The third-order valence-corrected chi connectivity index (χ3v) is 5.81. The molecule has 1 heterocycles. The van der Waals surface area contributed by atoms with Crippen LogP contribution in [0.25, 0.3) is 16.6 Å². The molecule has 2 aromatic rings. The Bertz CT molecular complexity index is 996. The van der Waals surface area contributed by atoms with E-state index in [-0.39, 0.29) is 18.8 Å². The van der Waals surface area contributed by atoms with Crippen LogP contribution in [-0.2, 0) is 16.1 Å². The van der Waals surface area contributed by atoms with E-state index in [4.69, 9.17) is 9.72 Å². The van der Waals surface area contributed by atoms with E-state index in [1.165, 1.54) is 4.90 Å². The molecule has 0 atom stereocenters. The van der Waals surface area contributed by atoms with E-state index >= 15 is 0 Å². The molecule has 1 amide bonds. The number of halogens is 2. The minimum atomic E-state index is -2.57. The fourth-order valence-corrected chi connectivity index (χ4v) is 4.22. The first-order chi connectivity index (χ1) is 15.2. The third kappa shape index (κ3) is 5.82. The van der Waals surface area contributed by atoms with Gasteiger partial charge in [0, 0.05) is 45.2 Å². The summed E-state index contributed by atoms with van der Waals surface area (Å²) >= 11 is 0. The van der Waals surface area contributed by atoms with Gasteiger partial charge in [-0.1, -0.05) is 17.7 Å².